The van der Waals surface area contributed by atoms with Crippen LogP contribution in [0.2, 0.25) is 5.02 Å². The summed E-state index contributed by atoms with van der Waals surface area (Å²) in [6, 6.07) is 6.66. The fraction of sp³-hybridized carbons (Fsp3) is 0.586. The lowest BCUT2D eigenvalue weighted by Gasteiger charge is -2.35. The van der Waals surface area contributed by atoms with E-state index >= 15 is 0 Å². The molecule has 2 aliphatic rings. The summed E-state index contributed by atoms with van der Waals surface area (Å²) >= 11 is 6.57. The molecule has 1 N–H and O–H groups in total. The van der Waals surface area contributed by atoms with E-state index in [4.69, 9.17) is 30.9 Å². The van der Waals surface area contributed by atoms with Gasteiger partial charge in [0.15, 0.2) is 5.69 Å². The van der Waals surface area contributed by atoms with Crippen molar-refractivity contribution in [2.24, 2.45) is 0 Å². The number of aromatic nitrogens is 2. The van der Waals surface area contributed by atoms with E-state index < -0.39 is 23.7 Å². The Balaban J connectivity index is 1.73. The van der Waals surface area contributed by atoms with Crippen molar-refractivity contribution < 1.29 is 28.6 Å². The average molecular weight is 590 g/mol. The van der Waals surface area contributed by atoms with E-state index in [0.29, 0.717) is 49.5 Å². The Kier molecular flexibility index (Phi) is 9.80. The fourth-order valence-corrected chi connectivity index (χ4v) is 5.71. The van der Waals surface area contributed by atoms with Crippen LogP contribution in [0, 0.1) is 0 Å². The third-order valence-electron chi connectivity index (χ3n) is 7.23. The SMILES string of the molecule is COCn1nc(C(=O)N2CCCC2C(=O)OC)c(Cc2ccccc2Cl)c1N1CCC[C@@H](NC(=O)OC(C)(C)C)C1. The van der Waals surface area contributed by atoms with E-state index in [-0.39, 0.29) is 24.4 Å². The molecule has 0 spiro atoms. The molecule has 0 bridgehead atoms. The number of carbonyl (C=O) groups is 3. The number of esters is 1. The number of nitrogens with zero attached hydrogens (tertiary/aromatic N) is 4. The molecule has 0 aliphatic carbocycles. The second-order valence-electron chi connectivity index (χ2n) is 11.4. The first-order valence-corrected chi connectivity index (χ1v) is 14.4. The summed E-state index contributed by atoms with van der Waals surface area (Å²) in [4.78, 5) is 42.7. The number of benzene rings is 1. The van der Waals surface area contributed by atoms with E-state index in [1.54, 1.807) is 16.7 Å². The van der Waals surface area contributed by atoms with Crippen molar-refractivity contribution in [3.8, 4) is 0 Å². The minimum atomic E-state index is -0.658. The largest absolute Gasteiger partial charge is 0.467 e. The second kappa shape index (κ2) is 13.1. The molecule has 41 heavy (non-hydrogen) atoms. The van der Waals surface area contributed by atoms with Crippen molar-refractivity contribution in [2.75, 3.05) is 38.8 Å². The standard InChI is InChI=1S/C29H40ClN5O6/c1-29(2,3)41-28(38)31-20-11-8-14-33(17-20)25-21(16-19-10-6-7-12-22(19)30)24(32-35(25)18-39-4)26(36)34-15-9-13-23(34)27(37)40-5/h6-7,10,12,20,23H,8-9,11,13-18H2,1-5H3,(H,31,38)/t20-,23?/m1/s1. The molecule has 2 amide bonds. The molecule has 2 saturated heterocycles. The lowest BCUT2D eigenvalue weighted by atomic mass is 10.0. The van der Waals surface area contributed by atoms with Crippen LogP contribution in [0.25, 0.3) is 0 Å². The van der Waals surface area contributed by atoms with Crippen molar-refractivity contribution in [3.63, 3.8) is 0 Å². The lowest BCUT2D eigenvalue weighted by Crippen LogP contribution is -2.49. The van der Waals surface area contributed by atoms with Gasteiger partial charge in [-0.25, -0.2) is 14.3 Å². The molecular formula is C29H40ClN5O6. The van der Waals surface area contributed by atoms with Gasteiger partial charge >= 0.3 is 12.1 Å². The third-order valence-corrected chi connectivity index (χ3v) is 7.60. The maximum Gasteiger partial charge on any atom is 0.407 e. The Morgan fingerprint density at radius 3 is 2.51 bits per heavy atom. The minimum absolute atomic E-state index is 0.110. The smallest absolute Gasteiger partial charge is 0.407 e. The molecule has 2 fully saturated rings. The summed E-state index contributed by atoms with van der Waals surface area (Å²) in [6.07, 6.45) is 2.70. The summed E-state index contributed by atoms with van der Waals surface area (Å²) in [5.74, 6) is -0.0525. The number of ether oxygens (including phenoxy) is 3. The van der Waals surface area contributed by atoms with Crippen LogP contribution < -0.4 is 10.2 Å². The van der Waals surface area contributed by atoms with Crippen LogP contribution in [-0.4, -0.2) is 84.2 Å². The first-order chi connectivity index (χ1) is 19.5. The molecule has 3 heterocycles. The van der Waals surface area contributed by atoms with Gasteiger partial charge in [-0.1, -0.05) is 29.8 Å². The molecule has 0 radical (unpaired) electrons. The van der Waals surface area contributed by atoms with Gasteiger partial charge in [-0.05, 0) is 58.1 Å². The molecule has 0 saturated carbocycles. The summed E-state index contributed by atoms with van der Waals surface area (Å²) in [7, 11) is 2.90. The average Bonchev–Trinajstić information content (AvgIpc) is 3.54. The van der Waals surface area contributed by atoms with Gasteiger partial charge in [0.25, 0.3) is 5.91 Å². The number of amides is 2. The number of piperidine rings is 1. The van der Waals surface area contributed by atoms with Gasteiger partial charge in [-0.2, -0.15) is 5.10 Å². The van der Waals surface area contributed by atoms with E-state index in [0.717, 1.165) is 24.2 Å². The first kappa shape index (κ1) is 30.6. The molecule has 1 unspecified atom stereocenters. The molecule has 224 valence electrons. The normalized spacial score (nSPS) is 19.3. The van der Waals surface area contributed by atoms with E-state index in [1.165, 1.54) is 7.11 Å². The van der Waals surface area contributed by atoms with Gasteiger partial charge in [0.2, 0.25) is 0 Å². The summed E-state index contributed by atoms with van der Waals surface area (Å²) < 4.78 is 17.6. The number of halogens is 1. The zero-order chi connectivity index (χ0) is 29.7. The third kappa shape index (κ3) is 7.32. The summed E-state index contributed by atoms with van der Waals surface area (Å²) in [5, 5.41) is 8.32. The van der Waals surface area contributed by atoms with Crippen LogP contribution in [0.15, 0.2) is 24.3 Å². The minimum Gasteiger partial charge on any atom is -0.467 e. The van der Waals surface area contributed by atoms with E-state index in [2.05, 4.69) is 10.2 Å². The van der Waals surface area contributed by atoms with Crippen LogP contribution in [0.1, 0.15) is 68.1 Å². The van der Waals surface area contributed by atoms with Crippen LogP contribution in [0.5, 0.6) is 0 Å². The van der Waals surface area contributed by atoms with Crippen LogP contribution >= 0.6 is 11.6 Å². The first-order valence-electron chi connectivity index (χ1n) is 14.0. The zero-order valence-corrected chi connectivity index (χ0v) is 25.2. The monoisotopic (exact) mass is 589 g/mol. The quantitative estimate of drug-likeness (QED) is 0.460. The highest BCUT2D eigenvalue weighted by atomic mass is 35.5. The molecular weight excluding hydrogens is 550 g/mol. The number of carbonyl (C=O) groups excluding carboxylic acids is 3. The van der Waals surface area contributed by atoms with Crippen molar-refractivity contribution in [2.45, 2.75) is 77.3 Å². The highest BCUT2D eigenvalue weighted by Crippen LogP contribution is 2.33. The number of hydrogen-bond acceptors (Lipinski definition) is 8. The predicted octanol–water partition coefficient (Wildman–Crippen LogP) is 4.00. The zero-order valence-electron chi connectivity index (χ0n) is 24.4. The number of nitrogens with one attached hydrogen (secondary N) is 1. The Bertz CT molecular complexity index is 1260. The Morgan fingerprint density at radius 2 is 1.83 bits per heavy atom. The highest BCUT2D eigenvalue weighted by molar-refractivity contribution is 6.31. The number of likely N-dealkylation sites (tertiary alicyclic amines) is 1. The number of rotatable bonds is 8. The van der Waals surface area contributed by atoms with Crippen LogP contribution in [0.4, 0.5) is 10.6 Å². The molecule has 12 heteroatoms. The fourth-order valence-electron chi connectivity index (χ4n) is 5.51. The van der Waals surface area contributed by atoms with Crippen molar-refractivity contribution >= 4 is 35.4 Å². The number of anilines is 1. The highest BCUT2D eigenvalue weighted by Gasteiger charge is 2.39. The Labute approximate surface area is 246 Å². The van der Waals surface area contributed by atoms with Crippen LogP contribution in [0.3, 0.4) is 0 Å². The maximum absolute atomic E-state index is 14.0. The van der Waals surface area contributed by atoms with Gasteiger partial charge < -0.3 is 29.3 Å². The van der Waals surface area contributed by atoms with Gasteiger partial charge in [0, 0.05) is 49.8 Å². The molecule has 1 aromatic heterocycles. The molecule has 2 aromatic rings. The summed E-state index contributed by atoms with van der Waals surface area (Å²) in [6.45, 7) is 7.21. The molecule has 11 nitrogen and oxygen atoms in total. The maximum atomic E-state index is 14.0. The topological polar surface area (TPSA) is 115 Å². The predicted molar refractivity (Wildman–Crippen MR) is 154 cm³/mol. The second-order valence-corrected chi connectivity index (χ2v) is 11.9. The number of hydrogen-bond donors (Lipinski definition) is 1. The van der Waals surface area contributed by atoms with Crippen molar-refractivity contribution in [1.29, 1.82) is 0 Å². The lowest BCUT2D eigenvalue weighted by molar-refractivity contribution is -0.145. The Morgan fingerprint density at radius 1 is 1.10 bits per heavy atom. The van der Waals surface area contributed by atoms with Gasteiger partial charge in [-0.15, -0.1) is 0 Å². The van der Waals surface area contributed by atoms with Gasteiger partial charge in [-0.3, -0.25) is 4.79 Å². The van der Waals surface area contributed by atoms with Crippen LogP contribution in [-0.2, 0) is 32.2 Å². The number of alkyl carbamates (subject to hydrolysis) is 1. The molecule has 2 aliphatic heterocycles. The molecule has 2 atom stereocenters. The molecule has 4 rings (SSSR count). The molecule has 1 aromatic carbocycles. The summed E-state index contributed by atoms with van der Waals surface area (Å²) in [5.41, 5.74) is 1.17. The van der Waals surface area contributed by atoms with Gasteiger partial charge in [0.1, 0.15) is 24.2 Å². The number of methoxy groups -OCH3 is 2. The van der Waals surface area contributed by atoms with E-state index in [1.807, 2.05) is 45.0 Å². The van der Waals surface area contributed by atoms with Gasteiger partial charge in [0.05, 0.1) is 7.11 Å². The Hall–Kier alpha value is -3.31. The van der Waals surface area contributed by atoms with Crippen molar-refractivity contribution in [1.82, 2.24) is 20.0 Å². The van der Waals surface area contributed by atoms with Crippen molar-refractivity contribution in [3.05, 3.63) is 46.1 Å². The van der Waals surface area contributed by atoms with E-state index in [9.17, 15) is 14.4 Å².